The van der Waals surface area contributed by atoms with Gasteiger partial charge in [0.25, 0.3) is 0 Å². The Morgan fingerprint density at radius 1 is 1.13 bits per heavy atom. The van der Waals surface area contributed by atoms with E-state index in [0.29, 0.717) is 0 Å². The molecule has 0 aliphatic heterocycles. The van der Waals surface area contributed by atoms with Crippen molar-refractivity contribution >= 4 is 11.9 Å². The van der Waals surface area contributed by atoms with Crippen LogP contribution in [0, 0.1) is 0 Å². The van der Waals surface area contributed by atoms with Crippen molar-refractivity contribution in [3.63, 3.8) is 0 Å². The number of nitrogens with two attached hydrogens (primary N) is 1. The lowest BCUT2D eigenvalue weighted by molar-refractivity contribution is -0.186. The van der Waals surface area contributed by atoms with Gasteiger partial charge in [0.15, 0.2) is 0 Å². The van der Waals surface area contributed by atoms with E-state index >= 15 is 0 Å². The number of hydrogen-bond donors (Lipinski definition) is 3. The van der Waals surface area contributed by atoms with E-state index in [1.165, 1.54) is 24.3 Å². The molecule has 80 valence electrons. The minimum Gasteiger partial charge on any atom is -0.478 e. The molecule has 0 atom stereocenters. The summed E-state index contributed by atoms with van der Waals surface area (Å²) in [6.07, 6.45) is 0. The van der Waals surface area contributed by atoms with Crippen LogP contribution in [0.1, 0.15) is 5.56 Å². The normalized spacial score (nSPS) is 11.0. The van der Waals surface area contributed by atoms with Gasteiger partial charge in [-0.2, -0.15) is 0 Å². The molecule has 6 nitrogen and oxygen atoms in total. The van der Waals surface area contributed by atoms with Crippen molar-refractivity contribution in [2.24, 2.45) is 5.90 Å². The Morgan fingerprint density at radius 2 is 1.60 bits per heavy atom. The highest BCUT2D eigenvalue weighted by molar-refractivity contribution is 6.02. The molecule has 15 heavy (non-hydrogen) atoms. The lowest BCUT2D eigenvalue weighted by Crippen LogP contribution is -2.48. The van der Waals surface area contributed by atoms with Gasteiger partial charge in [-0.3, -0.25) is 4.84 Å². The number of carbonyl (C=O) groups is 2. The van der Waals surface area contributed by atoms with Crippen LogP contribution in [0.2, 0.25) is 0 Å². The summed E-state index contributed by atoms with van der Waals surface area (Å²) in [5, 5.41) is 17.7. The lowest BCUT2D eigenvalue weighted by Gasteiger charge is -2.22. The molecule has 1 rings (SSSR count). The van der Waals surface area contributed by atoms with Gasteiger partial charge in [0.05, 0.1) is 0 Å². The average molecular weight is 211 g/mol. The third-order valence-electron chi connectivity index (χ3n) is 1.96. The van der Waals surface area contributed by atoms with Crippen molar-refractivity contribution in [1.29, 1.82) is 0 Å². The number of rotatable bonds is 4. The predicted octanol–water partition coefficient (Wildman–Crippen LogP) is -0.0586. The minimum absolute atomic E-state index is 0.0486. The summed E-state index contributed by atoms with van der Waals surface area (Å²) in [5.41, 5.74) is -2.60. The first-order chi connectivity index (χ1) is 7.05. The highest BCUT2D eigenvalue weighted by Crippen LogP contribution is 2.24. The SMILES string of the molecule is NOC(C(=O)O)(C(=O)O)c1ccccc1. The third-order valence-corrected chi connectivity index (χ3v) is 1.96. The van der Waals surface area contributed by atoms with Crippen molar-refractivity contribution in [3.8, 4) is 0 Å². The zero-order valence-electron chi connectivity index (χ0n) is 7.58. The van der Waals surface area contributed by atoms with Gasteiger partial charge in [-0.25, -0.2) is 15.5 Å². The second-order valence-electron chi connectivity index (χ2n) is 2.78. The standard InChI is InChI=1S/C9H9NO5/c10-15-9(7(11)12,8(13)14)6-4-2-1-3-5-6/h1-5H,10H2,(H,11,12)(H,13,14). The molecule has 0 saturated carbocycles. The molecule has 1 aromatic rings. The molecule has 0 unspecified atom stereocenters. The quantitative estimate of drug-likeness (QED) is 0.475. The zero-order valence-corrected chi connectivity index (χ0v) is 7.58. The third kappa shape index (κ3) is 1.67. The number of carboxylic acid groups (broad SMARTS) is 2. The van der Waals surface area contributed by atoms with Crippen LogP contribution in [0.15, 0.2) is 30.3 Å². The molecule has 0 aliphatic carbocycles. The Bertz CT molecular complexity index is 361. The van der Waals surface area contributed by atoms with Crippen LogP contribution in [0.4, 0.5) is 0 Å². The van der Waals surface area contributed by atoms with Gasteiger partial charge < -0.3 is 10.2 Å². The summed E-state index contributed by atoms with van der Waals surface area (Å²) in [6, 6.07) is 7.24. The second kappa shape index (κ2) is 4.07. The summed E-state index contributed by atoms with van der Waals surface area (Å²) in [6.45, 7) is 0. The maximum Gasteiger partial charge on any atom is 0.354 e. The molecule has 0 aromatic heterocycles. The van der Waals surface area contributed by atoms with E-state index in [1.54, 1.807) is 6.07 Å². The molecule has 0 saturated heterocycles. The monoisotopic (exact) mass is 211 g/mol. The summed E-state index contributed by atoms with van der Waals surface area (Å²) in [7, 11) is 0. The van der Waals surface area contributed by atoms with Gasteiger partial charge in [0, 0.05) is 5.56 Å². The van der Waals surface area contributed by atoms with Gasteiger partial charge >= 0.3 is 17.5 Å². The first-order valence-corrected chi connectivity index (χ1v) is 3.96. The van der Waals surface area contributed by atoms with Gasteiger partial charge in [-0.1, -0.05) is 30.3 Å². The van der Waals surface area contributed by atoms with E-state index in [0.717, 1.165) is 0 Å². The minimum atomic E-state index is -2.55. The van der Waals surface area contributed by atoms with Gasteiger partial charge in [-0.05, 0) is 0 Å². The van der Waals surface area contributed by atoms with Crippen molar-refractivity contribution in [2.75, 3.05) is 0 Å². The van der Waals surface area contributed by atoms with E-state index in [-0.39, 0.29) is 5.56 Å². The molecule has 0 aliphatic rings. The molecule has 6 heteroatoms. The van der Waals surface area contributed by atoms with Crippen molar-refractivity contribution in [3.05, 3.63) is 35.9 Å². The Morgan fingerprint density at radius 3 is 1.93 bits per heavy atom. The maximum atomic E-state index is 10.9. The fourth-order valence-electron chi connectivity index (χ4n) is 1.18. The molecule has 0 bridgehead atoms. The first kappa shape index (κ1) is 11.2. The van der Waals surface area contributed by atoms with E-state index in [1.807, 2.05) is 0 Å². The largest absolute Gasteiger partial charge is 0.478 e. The molecule has 0 radical (unpaired) electrons. The van der Waals surface area contributed by atoms with E-state index in [2.05, 4.69) is 4.84 Å². The second-order valence-corrected chi connectivity index (χ2v) is 2.78. The van der Waals surface area contributed by atoms with Crippen molar-refractivity contribution in [2.45, 2.75) is 5.60 Å². The summed E-state index contributed by atoms with van der Waals surface area (Å²) in [5.74, 6) is 1.43. The average Bonchev–Trinajstić information content (AvgIpc) is 2.20. The van der Waals surface area contributed by atoms with Crippen LogP contribution >= 0.6 is 0 Å². The van der Waals surface area contributed by atoms with E-state index < -0.39 is 17.5 Å². The molecule has 4 N–H and O–H groups in total. The summed E-state index contributed by atoms with van der Waals surface area (Å²) >= 11 is 0. The van der Waals surface area contributed by atoms with Crippen LogP contribution in [-0.2, 0) is 20.0 Å². The van der Waals surface area contributed by atoms with Crippen molar-refractivity contribution < 1.29 is 24.6 Å². The van der Waals surface area contributed by atoms with Crippen LogP contribution in [-0.4, -0.2) is 22.2 Å². The van der Waals surface area contributed by atoms with Gasteiger partial charge in [-0.15, -0.1) is 0 Å². The molecular formula is C9H9NO5. The Balaban J connectivity index is 3.35. The topological polar surface area (TPSA) is 110 Å². The molecule has 0 spiro atoms. The smallest absolute Gasteiger partial charge is 0.354 e. The Kier molecular flexibility index (Phi) is 3.03. The molecule has 1 aromatic carbocycles. The van der Waals surface area contributed by atoms with Crippen LogP contribution in [0.3, 0.4) is 0 Å². The fraction of sp³-hybridized carbons (Fsp3) is 0.111. The number of hydrogen-bond acceptors (Lipinski definition) is 4. The number of benzene rings is 1. The Hall–Kier alpha value is -1.92. The molecule has 0 amide bonds. The lowest BCUT2D eigenvalue weighted by atomic mass is 9.94. The maximum absolute atomic E-state index is 10.9. The summed E-state index contributed by atoms with van der Waals surface area (Å²) < 4.78 is 0. The van der Waals surface area contributed by atoms with Crippen LogP contribution in [0.25, 0.3) is 0 Å². The first-order valence-electron chi connectivity index (χ1n) is 3.96. The molecular weight excluding hydrogens is 202 g/mol. The molecule has 0 fully saturated rings. The Labute approximate surface area is 84.8 Å². The summed E-state index contributed by atoms with van der Waals surface area (Å²) in [4.78, 5) is 26.0. The number of aliphatic carboxylic acids is 2. The predicted molar refractivity (Wildman–Crippen MR) is 48.7 cm³/mol. The van der Waals surface area contributed by atoms with Gasteiger partial charge in [0.1, 0.15) is 0 Å². The highest BCUT2D eigenvalue weighted by atomic mass is 16.7. The zero-order chi connectivity index (χ0) is 11.5. The van der Waals surface area contributed by atoms with Gasteiger partial charge in [0.2, 0.25) is 0 Å². The fourth-order valence-corrected chi connectivity index (χ4v) is 1.18. The number of carboxylic acids is 2. The van der Waals surface area contributed by atoms with E-state index in [9.17, 15) is 9.59 Å². The highest BCUT2D eigenvalue weighted by Gasteiger charge is 2.50. The van der Waals surface area contributed by atoms with Crippen molar-refractivity contribution in [1.82, 2.24) is 0 Å². The van der Waals surface area contributed by atoms with E-state index in [4.69, 9.17) is 16.1 Å². The van der Waals surface area contributed by atoms with Crippen LogP contribution in [0.5, 0.6) is 0 Å². The molecule has 0 heterocycles. The van der Waals surface area contributed by atoms with Crippen LogP contribution < -0.4 is 5.90 Å².